The van der Waals surface area contributed by atoms with E-state index < -0.39 is 11.4 Å². The summed E-state index contributed by atoms with van der Waals surface area (Å²) in [6, 6.07) is 10.3. The minimum Gasteiger partial charge on any atom is -0.397 e. The number of H-pyrrole nitrogens is 2. The molecule has 5 N–H and O–H groups in total. The first kappa shape index (κ1) is 19.6. The number of piperidine rings is 1. The molecule has 1 saturated heterocycles. The maximum absolute atomic E-state index is 14.3. The van der Waals surface area contributed by atoms with E-state index in [9.17, 15) is 9.18 Å². The Balaban J connectivity index is 1.43. The van der Waals surface area contributed by atoms with Gasteiger partial charge in [0.15, 0.2) is 0 Å². The number of hydrogen-bond acceptors (Lipinski definition) is 5. The average molecular weight is 420 g/mol. The Morgan fingerprint density at radius 3 is 2.77 bits per heavy atom. The van der Waals surface area contributed by atoms with Crippen molar-refractivity contribution in [1.82, 2.24) is 19.9 Å². The lowest BCUT2D eigenvalue weighted by atomic mass is 10.1. The summed E-state index contributed by atoms with van der Waals surface area (Å²) in [6.07, 6.45) is 3.90. The number of aromatic amines is 2. The summed E-state index contributed by atoms with van der Waals surface area (Å²) >= 11 is 0. The standard InChI is InChI=1S/C23H25FN6O/c24-15-5-4-6-17-19(15)21(25)20(23(31)29-17)22-27-16-8-7-14(13-18(16)28-22)26-9-12-30-10-2-1-3-11-30/h4-8,13,26H,1-3,9-12H2,(H,27,28)(H3,25,29,31). The highest BCUT2D eigenvalue weighted by Crippen LogP contribution is 2.30. The van der Waals surface area contributed by atoms with E-state index in [1.165, 1.54) is 44.5 Å². The molecule has 0 radical (unpaired) electrons. The number of nitrogens with zero attached hydrogens (tertiary/aromatic N) is 2. The molecule has 1 aliphatic rings. The fraction of sp³-hybridized carbons (Fsp3) is 0.304. The number of rotatable bonds is 5. The van der Waals surface area contributed by atoms with Gasteiger partial charge in [-0.3, -0.25) is 4.79 Å². The second kappa shape index (κ2) is 8.03. The Kier molecular flexibility index (Phi) is 5.07. The van der Waals surface area contributed by atoms with Gasteiger partial charge in [0.2, 0.25) is 0 Å². The lowest BCUT2D eigenvalue weighted by Gasteiger charge is -2.26. The Hall–Kier alpha value is -3.39. The number of likely N-dealkylation sites (tertiary alicyclic amines) is 1. The second-order valence-electron chi connectivity index (χ2n) is 8.05. The van der Waals surface area contributed by atoms with E-state index in [-0.39, 0.29) is 16.6 Å². The molecule has 0 atom stereocenters. The van der Waals surface area contributed by atoms with Gasteiger partial charge in [-0.2, -0.15) is 0 Å². The fourth-order valence-electron chi connectivity index (χ4n) is 4.35. The summed E-state index contributed by atoms with van der Waals surface area (Å²) in [5.74, 6) is -0.159. The van der Waals surface area contributed by atoms with Gasteiger partial charge in [-0.15, -0.1) is 0 Å². The number of aromatic nitrogens is 3. The van der Waals surface area contributed by atoms with E-state index in [0.717, 1.165) is 24.3 Å². The lowest BCUT2D eigenvalue weighted by molar-refractivity contribution is 0.237. The first-order valence-corrected chi connectivity index (χ1v) is 10.7. The van der Waals surface area contributed by atoms with E-state index in [4.69, 9.17) is 5.73 Å². The molecule has 0 amide bonds. The average Bonchev–Trinajstić information content (AvgIpc) is 3.17. The van der Waals surface area contributed by atoms with Crippen molar-refractivity contribution in [3.05, 3.63) is 52.6 Å². The third-order valence-electron chi connectivity index (χ3n) is 5.95. The van der Waals surface area contributed by atoms with Crippen LogP contribution in [0.5, 0.6) is 0 Å². The zero-order valence-electron chi connectivity index (χ0n) is 17.2. The molecular formula is C23H25FN6O. The number of nitrogen functional groups attached to an aromatic ring is 1. The van der Waals surface area contributed by atoms with E-state index in [1.807, 2.05) is 18.2 Å². The maximum atomic E-state index is 14.3. The number of anilines is 2. The van der Waals surface area contributed by atoms with E-state index in [2.05, 4.69) is 25.2 Å². The van der Waals surface area contributed by atoms with Crippen LogP contribution in [0.1, 0.15) is 19.3 Å². The van der Waals surface area contributed by atoms with Crippen LogP contribution in [0.3, 0.4) is 0 Å². The molecule has 0 spiro atoms. The Morgan fingerprint density at radius 1 is 1.10 bits per heavy atom. The van der Waals surface area contributed by atoms with Crippen molar-refractivity contribution in [2.24, 2.45) is 0 Å². The highest BCUT2D eigenvalue weighted by atomic mass is 19.1. The molecule has 0 saturated carbocycles. The summed E-state index contributed by atoms with van der Waals surface area (Å²) < 4.78 is 14.3. The van der Waals surface area contributed by atoms with E-state index in [1.54, 1.807) is 6.07 Å². The van der Waals surface area contributed by atoms with Crippen LogP contribution < -0.4 is 16.6 Å². The largest absolute Gasteiger partial charge is 0.397 e. The van der Waals surface area contributed by atoms with Crippen LogP contribution in [-0.4, -0.2) is 46.0 Å². The maximum Gasteiger partial charge on any atom is 0.261 e. The molecule has 31 heavy (non-hydrogen) atoms. The second-order valence-corrected chi connectivity index (χ2v) is 8.05. The molecule has 3 heterocycles. The molecule has 2 aromatic heterocycles. The van der Waals surface area contributed by atoms with Crippen LogP contribution in [0.25, 0.3) is 33.3 Å². The first-order chi connectivity index (χ1) is 15.1. The summed E-state index contributed by atoms with van der Waals surface area (Å²) in [4.78, 5) is 25.5. The minimum absolute atomic E-state index is 0.0794. The number of pyridine rings is 1. The van der Waals surface area contributed by atoms with Crippen LogP contribution >= 0.6 is 0 Å². The Labute approximate surface area is 178 Å². The van der Waals surface area contributed by atoms with Gasteiger partial charge in [0.1, 0.15) is 17.2 Å². The van der Waals surface area contributed by atoms with Gasteiger partial charge in [0.25, 0.3) is 5.56 Å². The normalized spacial score (nSPS) is 15.0. The van der Waals surface area contributed by atoms with Crippen molar-refractivity contribution in [2.75, 3.05) is 37.2 Å². The van der Waals surface area contributed by atoms with Crippen molar-refractivity contribution in [3.8, 4) is 11.4 Å². The molecule has 0 unspecified atom stereocenters. The van der Waals surface area contributed by atoms with Gasteiger partial charge in [-0.05, 0) is 56.3 Å². The van der Waals surface area contributed by atoms with Crippen LogP contribution in [0.2, 0.25) is 0 Å². The Morgan fingerprint density at radius 2 is 1.94 bits per heavy atom. The quantitative estimate of drug-likeness (QED) is 0.394. The number of halogens is 1. The molecule has 2 aromatic carbocycles. The summed E-state index contributed by atoms with van der Waals surface area (Å²) in [7, 11) is 0. The van der Waals surface area contributed by atoms with Crippen LogP contribution in [-0.2, 0) is 0 Å². The van der Waals surface area contributed by atoms with Crippen LogP contribution in [0.4, 0.5) is 15.8 Å². The molecule has 160 valence electrons. The van der Waals surface area contributed by atoms with Gasteiger partial charge in [0.05, 0.1) is 27.6 Å². The van der Waals surface area contributed by atoms with Crippen molar-refractivity contribution in [1.29, 1.82) is 0 Å². The molecule has 0 aliphatic carbocycles. The van der Waals surface area contributed by atoms with Crippen molar-refractivity contribution in [2.45, 2.75) is 19.3 Å². The SMILES string of the molecule is Nc1c(-c2nc3ccc(NCCN4CCCCC4)cc3[nH]2)c(=O)[nH]c2cccc(F)c12. The lowest BCUT2D eigenvalue weighted by Crippen LogP contribution is -2.33. The number of imidazole rings is 1. The van der Waals surface area contributed by atoms with Gasteiger partial charge < -0.3 is 25.9 Å². The molecule has 1 aliphatic heterocycles. The number of nitrogens with two attached hydrogens (primary N) is 1. The molecule has 5 rings (SSSR count). The van der Waals surface area contributed by atoms with Crippen molar-refractivity contribution in [3.63, 3.8) is 0 Å². The van der Waals surface area contributed by atoms with Crippen molar-refractivity contribution >= 4 is 33.3 Å². The minimum atomic E-state index is -0.483. The van der Waals surface area contributed by atoms with E-state index >= 15 is 0 Å². The van der Waals surface area contributed by atoms with Crippen LogP contribution in [0.15, 0.2) is 41.2 Å². The number of benzene rings is 2. The number of fused-ring (bicyclic) bond motifs is 2. The highest BCUT2D eigenvalue weighted by molar-refractivity contribution is 5.98. The zero-order chi connectivity index (χ0) is 21.4. The van der Waals surface area contributed by atoms with Crippen molar-refractivity contribution < 1.29 is 4.39 Å². The molecular weight excluding hydrogens is 395 g/mol. The smallest absolute Gasteiger partial charge is 0.261 e. The summed E-state index contributed by atoms with van der Waals surface area (Å²) in [5.41, 5.74) is 8.86. The van der Waals surface area contributed by atoms with Gasteiger partial charge in [-0.25, -0.2) is 9.37 Å². The highest BCUT2D eigenvalue weighted by Gasteiger charge is 2.18. The molecule has 0 bridgehead atoms. The third-order valence-corrected chi connectivity index (χ3v) is 5.95. The topological polar surface area (TPSA) is 103 Å². The van der Waals surface area contributed by atoms with Crippen LogP contribution in [0, 0.1) is 5.82 Å². The molecule has 7 nitrogen and oxygen atoms in total. The number of hydrogen-bond donors (Lipinski definition) is 4. The monoisotopic (exact) mass is 420 g/mol. The molecule has 1 fully saturated rings. The van der Waals surface area contributed by atoms with Gasteiger partial charge >= 0.3 is 0 Å². The van der Waals surface area contributed by atoms with E-state index in [0.29, 0.717) is 16.9 Å². The predicted molar refractivity (Wildman–Crippen MR) is 123 cm³/mol. The number of nitrogens with one attached hydrogen (secondary N) is 3. The fourth-order valence-corrected chi connectivity index (χ4v) is 4.35. The zero-order valence-corrected chi connectivity index (χ0v) is 17.2. The molecule has 4 aromatic rings. The van der Waals surface area contributed by atoms with Gasteiger partial charge in [0, 0.05) is 18.8 Å². The molecule has 8 heteroatoms. The third kappa shape index (κ3) is 3.74. The predicted octanol–water partition coefficient (Wildman–Crippen LogP) is 3.69. The summed E-state index contributed by atoms with van der Waals surface area (Å²) in [5, 5.41) is 3.65. The summed E-state index contributed by atoms with van der Waals surface area (Å²) in [6.45, 7) is 4.23. The Bertz CT molecular complexity index is 1300. The first-order valence-electron chi connectivity index (χ1n) is 10.7. The van der Waals surface area contributed by atoms with Gasteiger partial charge in [-0.1, -0.05) is 12.5 Å².